The number of anilines is 1. The van der Waals surface area contributed by atoms with Gasteiger partial charge in [0, 0.05) is 21.9 Å². The minimum atomic E-state index is -0.336. The number of hydrogen-bond acceptors (Lipinski definition) is 5. The standard InChI is InChI=1S/C22H16ClFN6/c1-11(21-29-20(25)19-22(30-21)27-10-26-19)14-9-15-16(23)6-3-7-17(15)28-18(14)12-4-2-5-13(24)8-12/h2-11H,1H3,(H3,25,26,27,29,30)/t11-/m1/s1. The lowest BCUT2D eigenvalue weighted by Crippen LogP contribution is -2.08. The summed E-state index contributed by atoms with van der Waals surface area (Å²) >= 11 is 6.43. The zero-order valence-corrected chi connectivity index (χ0v) is 16.7. The van der Waals surface area contributed by atoms with Crippen molar-refractivity contribution in [2.24, 2.45) is 0 Å². The maximum atomic E-state index is 14.0. The molecule has 3 N–H and O–H groups in total. The van der Waals surface area contributed by atoms with Crippen molar-refractivity contribution in [3.63, 3.8) is 0 Å². The Labute approximate surface area is 176 Å². The molecule has 0 unspecified atom stereocenters. The SMILES string of the molecule is C[C@@H](c1nc(N)c2[nH]cnc2n1)c1cc2c(Cl)cccc2nc1-c1cccc(F)c1. The molecule has 148 valence electrons. The number of imidazole rings is 1. The van der Waals surface area contributed by atoms with Gasteiger partial charge in [0.1, 0.15) is 17.2 Å². The lowest BCUT2D eigenvalue weighted by atomic mass is 9.93. The molecule has 0 aliphatic carbocycles. The molecule has 0 amide bonds. The highest BCUT2D eigenvalue weighted by molar-refractivity contribution is 6.35. The Morgan fingerprint density at radius 3 is 2.73 bits per heavy atom. The zero-order valence-electron chi connectivity index (χ0n) is 15.9. The van der Waals surface area contributed by atoms with E-state index in [1.54, 1.807) is 6.07 Å². The van der Waals surface area contributed by atoms with E-state index in [-0.39, 0.29) is 11.7 Å². The summed E-state index contributed by atoms with van der Waals surface area (Å²) in [6.07, 6.45) is 1.53. The Kier molecular flexibility index (Phi) is 4.33. The molecule has 0 radical (unpaired) electrons. The van der Waals surface area contributed by atoms with Crippen LogP contribution in [-0.4, -0.2) is 24.9 Å². The lowest BCUT2D eigenvalue weighted by Gasteiger charge is -2.17. The zero-order chi connectivity index (χ0) is 20.8. The van der Waals surface area contributed by atoms with Crippen molar-refractivity contribution < 1.29 is 4.39 Å². The minimum Gasteiger partial charge on any atom is -0.382 e. The molecule has 0 bridgehead atoms. The fourth-order valence-electron chi connectivity index (χ4n) is 3.58. The van der Waals surface area contributed by atoms with Gasteiger partial charge in [-0.15, -0.1) is 0 Å². The second-order valence-electron chi connectivity index (χ2n) is 7.03. The van der Waals surface area contributed by atoms with Crippen molar-refractivity contribution in [3.05, 3.63) is 77.1 Å². The average molecular weight is 419 g/mol. The van der Waals surface area contributed by atoms with Crippen molar-refractivity contribution in [2.75, 3.05) is 5.73 Å². The van der Waals surface area contributed by atoms with Gasteiger partial charge in [-0.25, -0.2) is 24.3 Å². The number of nitrogen functional groups attached to an aromatic ring is 1. The maximum Gasteiger partial charge on any atom is 0.183 e. The van der Waals surface area contributed by atoms with Crippen LogP contribution >= 0.6 is 11.6 Å². The van der Waals surface area contributed by atoms with Gasteiger partial charge in [0.25, 0.3) is 0 Å². The van der Waals surface area contributed by atoms with Crippen molar-refractivity contribution in [1.82, 2.24) is 24.9 Å². The normalized spacial score (nSPS) is 12.5. The number of rotatable bonds is 3. The van der Waals surface area contributed by atoms with Gasteiger partial charge in [0.2, 0.25) is 0 Å². The molecular formula is C22H16ClFN6. The van der Waals surface area contributed by atoms with E-state index in [1.165, 1.54) is 18.5 Å². The van der Waals surface area contributed by atoms with Gasteiger partial charge in [0.15, 0.2) is 11.5 Å². The number of aromatic amines is 1. The van der Waals surface area contributed by atoms with Crippen LogP contribution in [0.4, 0.5) is 10.2 Å². The second kappa shape index (κ2) is 7.03. The molecule has 0 aliphatic rings. The number of nitrogens with zero attached hydrogens (tertiary/aromatic N) is 4. The molecule has 3 aromatic heterocycles. The predicted molar refractivity (Wildman–Crippen MR) is 116 cm³/mol. The van der Waals surface area contributed by atoms with Crippen LogP contribution in [0, 0.1) is 5.82 Å². The maximum absolute atomic E-state index is 14.0. The van der Waals surface area contributed by atoms with Crippen LogP contribution in [0.3, 0.4) is 0 Å². The van der Waals surface area contributed by atoms with Crippen LogP contribution in [0.15, 0.2) is 54.9 Å². The summed E-state index contributed by atoms with van der Waals surface area (Å²) in [4.78, 5) is 21.0. The van der Waals surface area contributed by atoms with Crippen LogP contribution in [0.2, 0.25) is 5.02 Å². The molecule has 30 heavy (non-hydrogen) atoms. The largest absolute Gasteiger partial charge is 0.382 e. The first-order chi connectivity index (χ1) is 14.5. The van der Waals surface area contributed by atoms with Crippen molar-refractivity contribution in [1.29, 1.82) is 0 Å². The molecule has 0 saturated heterocycles. The number of nitrogens with one attached hydrogen (secondary N) is 1. The average Bonchev–Trinajstić information content (AvgIpc) is 3.22. The third kappa shape index (κ3) is 3.04. The molecule has 6 nitrogen and oxygen atoms in total. The molecule has 0 fully saturated rings. The Bertz CT molecular complexity index is 1410. The van der Waals surface area contributed by atoms with Crippen LogP contribution < -0.4 is 5.73 Å². The van der Waals surface area contributed by atoms with Gasteiger partial charge >= 0.3 is 0 Å². The van der Waals surface area contributed by atoms with Gasteiger partial charge in [-0.05, 0) is 35.9 Å². The molecule has 0 aliphatic heterocycles. The monoisotopic (exact) mass is 418 g/mol. The van der Waals surface area contributed by atoms with Crippen molar-refractivity contribution in [3.8, 4) is 11.3 Å². The number of halogens is 2. The van der Waals surface area contributed by atoms with Gasteiger partial charge in [-0.3, -0.25) is 0 Å². The number of nitrogens with two attached hydrogens (primary N) is 1. The molecular weight excluding hydrogens is 403 g/mol. The van der Waals surface area contributed by atoms with E-state index in [1.807, 2.05) is 37.3 Å². The third-order valence-electron chi connectivity index (χ3n) is 5.12. The molecule has 3 heterocycles. The topological polar surface area (TPSA) is 93.4 Å². The first-order valence-electron chi connectivity index (χ1n) is 9.33. The minimum absolute atomic E-state index is 0.292. The molecule has 1 atom stereocenters. The van der Waals surface area contributed by atoms with Gasteiger partial charge in [-0.1, -0.05) is 36.7 Å². The molecule has 0 spiro atoms. The van der Waals surface area contributed by atoms with E-state index in [0.29, 0.717) is 39.1 Å². The van der Waals surface area contributed by atoms with Crippen LogP contribution in [-0.2, 0) is 0 Å². The fraction of sp³-hybridized carbons (Fsp3) is 0.0909. The Morgan fingerprint density at radius 1 is 1.07 bits per heavy atom. The molecule has 2 aromatic carbocycles. The fourth-order valence-corrected chi connectivity index (χ4v) is 3.80. The summed E-state index contributed by atoms with van der Waals surface area (Å²) in [7, 11) is 0. The predicted octanol–water partition coefficient (Wildman–Crippen LogP) is 5.09. The van der Waals surface area contributed by atoms with Gasteiger partial charge < -0.3 is 10.7 Å². The number of pyridine rings is 1. The summed E-state index contributed by atoms with van der Waals surface area (Å²) in [5.74, 6) is 0.189. The number of fused-ring (bicyclic) bond motifs is 2. The highest BCUT2D eigenvalue weighted by atomic mass is 35.5. The molecule has 8 heteroatoms. The molecule has 5 aromatic rings. The summed E-state index contributed by atoms with van der Waals surface area (Å²) in [6, 6.07) is 13.8. The van der Waals surface area contributed by atoms with Gasteiger partial charge in [-0.2, -0.15) is 0 Å². The van der Waals surface area contributed by atoms with Crippen LogP contribution in [0.1, 0.15) is 24.2 Å². The van der Waals surface area contributed by atoms with Gasteiger partial charge in [0.05, 0.1) is 17.5 Å². The smallest absolute Gasteiger partial charge is 0.183 e. The molecule has 5 rings (SSSR count). The number of hydrogen-bond donors (Lipinski definition) is 2. The lowest BCUT2D eigenvalue weighted by molar-refractivity contribution is 0.628. The summed E-state index contributed by atoms with van der Waals surface area (Å²) in [6.45, 7) is 1.95. The number of H-pyrrole nitrogens is 1. The number of benzene rings is 2. The van der Waals surface area contributed by atoms with Crippen molar-refractivity contribution >= 4 is 39.5 Å². The van der Waals surface area contributed by atoms with Crippen LogP contribution in [0.25, 0.3) is 33.3 Å². The third-order valence-corrected chi connectivity index (χ3v) is 5.45. The second-order valence-corrected chi connectivity index (χ2v) is 7.44. The first kappa shape index (κ1) is 18.4. The molecule has 0 saturated carbocycles. The van der Waals surface area contributed by atoms with E-state index in [4.69, 9.17) is 22.3 Å². The Hall–Kier alpha value is -3.58. The quantitative estimate of drug-likeness (QED) is 0.425. The van der Waals surface area contributed by atoms with E-state index < -0.39 is 0 Å². The van der Waals surface area contributed by atoms with E-state index in [2.05, 4.69) is 19.9 Å². The van der Waals surface area contributed by atoms with E-state index >= 15 is 0 Å². The van der Waals surface area contributed by atoms with E-state index in [0.717, 1.165) is 16.5 Å². The highest BCUT2D eigenvalue weighted by Gasteiger charge is 2.21. The summed E-state index contributed by atoms with van der Waals surface area (Å²) < 4.78 is 14.0. The summed E-state index contributed by atoms with van der Waals surface area (Å²) in [5, 5.41) is 1.39. The Morgan fingerprint density at radius 2 is 1.90 bits per heavy atom. The van der Waals surface area contributed by atoms with E-state index in [9.17, 15) is 4.39 Å². The highest BCUT2D eigenvalue weighted by Crippen LogP contribution is 2.36. The Balaban J connectivity index is 1.76. The summed E-state index contributed by atoms with van der Waals surface area (Å²) in [5.41, 5.74) is 10.0. The van der Waals surface area contributed by atoms with Crippen molar-refractivity contribution in [2.45, 2.75) is 12.8 Å². The number of aromatic nitrogens is 5. The van der Waals surface area contributed by atoms with Crippen LogP contribution in [0.5, 0.6) is 0 Å². The first-order valence-corrected chi connectivity index (χ1v) is 9.70.